The number of para-hydroxylation sites is 1. The lowest BCUT2D eigenvalue weighted by molar-refractivity contribution is -0.137. The minimum atomic E-state index is -0.518. The zero-order chi connectivity index (χ0) is 24.1. The number of nitrogens with zero attached hydrogens (tertiary/aromatic N) is 1. The highest BCUT2D eigenvalue weighted by Gasteiger charge is 2.37. The van der Waals surface area contributed by atoms with Gasteiger partial charge < -0.3 is 10.6 Å². The maximum atomic E-state index is 12.8. The monoisotopic (exact) mass is 473 g/mol. The van der Waals surface area contributed by atoms with E-state index >= 15 is 0 Å². The number of hydrogen-bond acceptors (Lipinski definition) is 4. The first-order chi connectivity index (χ1) is 16.5. The molecule has 34 heavy (non-hydrogen) atoms. The normalized spacial score (nSPS) is 13.4. The molecule has 0 atom stereocenters. The van der Waals surface area contributed by atoms with Gasteiger partial charge in [-0.2, -0.15) is 0 Å². The smallest absolute Gasteiger partial charge is 0.278 e. The summed E-state index contributed by atoms with van der Waals surface area (Å²) in [6.07, 6.45) is 1.35. The van der Waals surface area contributed by atoms with Gasteiger partial charge in [0.25, 0.3) is 17.7 Å². The standard InChI is InChI=1S/C27H24ClN3O3/c1-2-19-10-6-7-11-22(19)30-25(32)20-12-14-21(15-13-20)29-24-23(28)26(33)31(27(24)34)17-16-18-8-4-3-5-9-18/h3-15,29H,2,16-17H2,1H3,(H,30,32). The predicted octanol–water partition coefficient (Wildman–Crippen LogP) is 4.98. The summed E-state index contributed by atoms with van der Waals surface area (Å²) in [5.74, 6) is -1.22. The second-order valence-corrected chi connectivity index (χ2v) is 8.23. The van der Waals surface area contributed by atoms with Crippen molar-refractivity contribution >= 4 is 40.7 Å². The first-order valence-corrected chi connectivity index (χ1v) is 11.4. The van der Waals surface area contributed by atoms with Crippen molar-refractivity contribution in [1.82, 2.24) is 4.90 Å². The fraction of sp³-hybridized carbons (Fsp3) is 0.148. The number of anilines is 2. The highest BCUT2D eigenvalue weighted by atomic mass is 35.5. The lowest BCUT2D eigenvalue weighted by Crippen LogP contribution is -2.34. The minimum absolute atomic E-state index is 0.0359. The van der Waals surface area contributed by atoms with Gasteiger partial charge in [0.1, 0.15) is 10.7 Å². The summed E-state index contributed by atoms with van der Waals surface area (Å²) in [5.41, 5.74) is 3.90. The van der Waals surface area contributed by atoms with Crippen molar-refractivity contribution in [2.45, 2.75) is 19.8 Å². The second-order valence-electron chi connectivity index (χ2n) is 7.85. The summed E-state index contributed by atoms with van der Waals surface area (Å²) in [7, 11) is 0. The van der Waals surface area contributed by atoms with Gasteiger partial charge in [0.2, 0.25) is 0 Å². The number of amides is 3. The average molecular weight is 474 g/mol. The predicted molar refractivity (Wildman–Crippen MR) is 134 cm³/mol. The molecule has 172 valence electrons. The third-order valence-electron chi connectivity index (χ3n) is 5.64. The Labute approximate surface area is 203 Å². The topological polar surface area (TPSA) is 78.5 Å². The third kappa shape index (κ3) is 5.02. The maximum Gasteiger partial charge on any atom is 0.278 e. The molecule has 0 unspecified atom stereocenters. The molecule has 0 radical (unpaired) electrons. The number of hydrogen-bond donors (Lipinski definition) is 2. The van der Waals surface area contributed by atoms with Crippen LogP contribution < -0.4 is 10.6 Å². The lowest BCUT2D eigenvalue weighted by Gasteiger charge is -2.15. The van der Waals surface area contributed by atoms with E-state index in [-0.39, 0.29) is 23.2 Å². The number of aryl methyl sites for hydroxylation is 1. The van der Waals surface area contributed by atoms with Crippen LogP contribution in [-0.2, 0) is 22.4 Å². The summed E-state index contributed by atoms with van der Waals surface area (Å²) in [5, 5.41) is 5.72. The molecule has 4 rings (SSSR count). The Bertz CT molecular complexity index is 1250. The van der Waals surface area contributed by atoms with E-state index < -0.39 is 11.8 Å². The van der Waals surface area contributed by atoms with Crippen molar-refractivity contribution in [1.29, 1.82) is 0 Å². The average Bonchev–Trinajstić information content (AvgIpc) is 3.06. The first kappa shape index (κ1) is 23.3. The zero-order valence-corrected chi connectivity index (χ0v) is 19.4. The van der Waals surface area contributed by atoms with Gasteiger partial charge in [0.15, 0.2) is 0 Å². The Balaban J connectivity index is 1.41. The first-order valence-electron chi connectivity index (χ1n) is 11.0. The molecule has 0 saturated heterocycles. The van der Waals surface area contributed by atoms with Crippen LogP contribution >= 0.6 is 11.6 Å². The van der Waals surface area contributed by atoms with E-state index in [0.717, 1.165) is 28.1 Å². The Morgan fingerprint density at radius 3 is 2.26 bits per heavy atom. The molecule has 0 bridgehead atoms. The van der Waals surface area contributed by atoms with Crippen LogP contribution in [0, 0.1) is 0 Å². The molecule has 0 saturated carbocycles. The molecule has 7 heteroatoms. The molecule has 0 aromatic heterocycles. The van der Waals surface area contributed by atoms with Crippen LogP contribution in [0.25, 0.3) is 0 Å². The van der Waals surface area contributed by atoms with Gasteiger partial charge in [-0.25, -0.2) is 0 Å². The van der Waals surface area contributed by atoms with Gasteiger partial charge >= 0.3 is 0 Å². The number of nitrogens with one attached hydrogen (secondary N) is 2. The lowest BCUT2D eigenvalue weighted by atomic mass is 10.1. The molecule has 0 fully saturated rings. The molecule has 1 aliphatic rings. The molecule has 3 aromatic carbocycles. The Morgan fingerprint density at radius 1 is 0.882 bits per heavy atom. The Hall–Kier alpha value is -3.90. The fourth-order valence-corrected chi connectivity index (χ4v) is 3.97. The molecule has 1 aliphatic heterocycles. The van der Waals surface area contributed by atoms with E-state index in [1.54, 1.807) is 24.3 Å². The minimum Gasteiger partial charge on any atom is -0.350 e. The summed E-state index contributed by atoms with van der Waals surface area (Å²) in [6, 6.07) is 23.9. The van der Waals surface area contributed by atoms with Crippen LogP contribution in [0.4, 0.5) is 11.4 Å². The van der Waals surface area contributed by atoms with E-state index in [0.29, 0.717) is 17.7 Å². The van der Waals surface area contributed by atoms with E-state index in [2.05, 4.69) is 10.6 Å². The van der Waals surface area contributed by atoms with Crippen molar-refractivity contribution in [3.8, 4) is 0 Å². The van der Waals surface area contributed by atoms with Crippen molar-refractivity contribution in [2.24, 2.45) is 0 Å². The second kappa shape index (κ2) is 10.4. The molecule has 2 N–H and O–H groups in total. The van der Waals surface area contributed by atoms with Crippen LogP contribution in [0.3, 0.4) is 0 Å². The number of benzene rings is 3. The molecule has 6 nitrogen and oxygen atoms in total. The van der Waals surface area contributed by atoms with Crippen LogP contribution in [0.5, 0.6) is 0 Å². The largest absolute Gasteiger partial charge is 0.350 e. The summed E-state index contributed by atoms with van der Waals surface area (Å²) in [4.78, 5) is 39.1. The van der Waals surface area contributed by atoms with Crippen LogP contribution in [0.2, 0.25) is 0 Å². The van der Waals surface area contributed by atoms with E-state index in [4.69, 9.17) is 11.6 Å². The number of carbonyl (C=O) groups is 3. The molecule has 0 aliphatic carbocycles. The molecule has 1 heterocycles. The number of carbonyl (C=O) groups excluding carboxylic acids is 3. The van der Waals surface area contributed by atoms with Gasteiger partial charge in [0.05, 0.1) is 0 Å². The van der Waals surface area contributed by atoms with Gasteiger partial charge in [0, 0.05) is 23.5 Å². The van der Waals surface area contributed by atoms with E-state index in [9.17, 15) is 14.4 Å². The van der Waals surface area contributed by atoms with Gasteiger partial charge in [-0.3, -0.25) is 19.3 Å². The van der Waals surface area contributed by atoms with E-state index in [1.165, 1.54) is 0 Å². The summed E-state index contributed by atoms with van der Waals surface area (Å²) in [6.45, 7) is 2.27. The van der Waals surface area contributed by atoms with Gasteiger partial charge in [-0.05, 0) is 54.3 Å². The molecular formula is C27H24ClN3O3. The van der Waals surface area contributed by atoms with Gasteiger partial charge in [-0.1, -0.05) is 67.1 Å². The van der Waals surface area contributed by atoms with Crippen LogP contribution in [0.15, 0.2) is 89.6 Å². The van der Waals surface area contributed by atoms with Crippen molar-refractivity contribution in [2.75, 3.05) is 17.2 Å². The van der Waals surface area contributed by atoms with Crippen molar-refractivity contribution in [3.05, 3.63) is 106 Å². The molecule has 0 spiro atoms. The zero-order valence-electron chi connectivity index (χ0n) is 18.7. The van der Waals surface area contributed by atoms with Crippen LogP contribution in [0.1, 0.15) is 28.4 Å². The highest BCUT2D eigenvalue weighted by Crippen LogP contribution is 2.26. The molecule has 3 aromatic rings. The quantitative estimate of drug-likeness (QED) is 0.452. The number of halogens is 1. The number of imide groups is 1. The van der Waals surface area contributed by atoms with Gasteiger partial charge in [-0.15, -0.1) is 0 Å². The fourth-order valence-electron chi connectivity index (χ4n) is 3.74. The maximum absolute atomic E-state index is 12.8. The molecule has 3 amide bonds. The van der Waals surface area contributed by atoms with E-state index in [1.807, 2.05) is 61.5 Å². The Morgan fingerprint density at radius 2 is 1.56 bits per heavy atom. The molecular weight excluding hydrogens is 450 g/mol. The van der Waals surface area contributed by atoms with Crippen LogP contribution in [-0.4, -0.2) is 29.2 Å². The van der Waals surface area contributed by atoms with Crippen molar-refractivity contribution < 1.29 is 14.4 Å². The summed E-state index contributed by atoms with van der Waals surface area (Å²) < 4.78 is 0. The SMILES string of the molecule is CCc1ccccc1NC(=O)c1ccc(NC2=C(Cl)C(=O)N(CCc3ccccc3)C2=O)cc1. The Kier molecular flexibility index (Phi) is 7.09. The number of rotatable bonds is 8. The van der Waals surface area contributed by atoms with Crippen molar-refractivity contribution in [3.63, 3.8) is 0 Å². The third-order valence-corrected chi connectivity index (χ3v) is 5.99. The highest BCUT2D eigenvalue weighted by molar-refractivity contribution is 6.48. The summed E-state index contributed by atoms with van der Waals surface area (Å²) >= 11 is 6.19.